The van der Waals surface area contributed by atoms with Crippen molar-refractivity contribution in [1.29, 1.82) is 0 Å². The molecule has 0 unspecified atom stereocenters. The third kappa shape index (κ3) is 2.20. The lowest BCUT2D eigenvalue weighted by Gasteiger charge is -2.11. The van der Waals surface area contributed by atoms with Crippen LogP contribution < -0.4 is 5.56 Å². The smallest absolute Gasteiger partial charge is 0.347 e. The number of hydrogen-bond acceptors (Lipinski definition) is 6. The van der Waals surface area contributed by atoms with Crippen molar-refractivity contribution in [1.82, 2.24) is 9.55 Å². The highest BCUT2D eigenvalue weighted by atomic mass is 79.9. The van der Waals surface area contributed by atoms with E-state index in [1.165, 1.54) is 21.4 Å². The fourth-order valence-electron chi connectivity index (χ4n) is 2.10. The number of fused-ring (bicyclic) bond motifs is 1. The average molecular weight is 381 g/mol. The first-order valence-corrected chi connectivity index (χ1v) is 7.77. The maximum atomic E-state index is 12.7. The van der Waals surface area contributed by atoms with Crippen LogP contribution in [0, 0.1) is 0 Å². The molecule has 112 valence electrons. The minimum Gasteiger partial charge on any atom is -0.505 e. The summed E-state index contributed by atoms with van der Waals surface area (Å²) in [7, 11) is 1.15. The number of aromatic hydroxyl groups is 1. The monoisotopic (exact) mass is 380 g/mol. The Balaban J connectivity index is 2.43. The standard InChI is InChI=1S/C14H9BrN2O4S/c1-21-14(20)9-11(18)10-13(22-6-16-10)17(12(9)19)8-4-2-7(15)3-5-8/h2-6,18H,1H3. The second-order valence-electron chi connectivity index (χ2n) is 4.34. The Kier molecular flexibility index (Phi) is 3.71. The predicted molar refractivity (Wildman–Crippen MR) is 85.9 cm³/mol. The van der Waals surface area contributed by atoms with Crippen LogP contribution in [-0.4, -0.2) is 27.7 Å². The topological polar surface area (TPSA) is 81.4 Å². The van der Waals surface area contributed by atoms with Crippen molar-refractivity contribution in [3.63, 3.8) is 0 Å². The fraction of sp³-hybridized carbons (Fsp3) is 0.0714. The van der Waals surface area contributed by atoms with E-state index in [0.717, 1.165) is 11.6 Å². The summed E-state index contributed by atoms with van der Waals surface area (Å²) >= 11 is 4.53. The highest BCUT2D eigenvalue weighted by molar-refractivity contribution is 9.10. The summed E-state index contributed by atoms with van der Waals surface area (Å²) in [5.41, 5.74) is 1.17. The van der Waals surface area contributed by atoms with E-state index >= 15 is 0 Å². The molecule has 0 saturated carbocycles. The van der Waals surface area contributed by atoms with Crippen molar-refractivity contribution in [3.8, 4) is 11.4 Å². The largest absolute Gasteiger partial charge is 0.505 e. The molecular weight excluding hydrogens is 372 g/mol. The molecule has 3 aromatic rings. The van der Waals surface area contributed by atoms with E-state index in [9.17, 15) is 14.7 Å². The van der Waals surface area contributed by atoms with E-state index in [0.29, 0.717) is 10.5 Å². The van der Waals surface area contributed by atoms with E-state index in [4.69, 9.17) is 0 Å². The van der Waals surface area contributed by atoms with Gasteiger partial charge in [0.25, 0.3) is 5.56 Å². The van der Waals surface area contributed by atoms with Gasteiger partial charge in [0, 0.05) is 4.47 Å². The van der Waals surface area contributed by atoms with E-state index in [2.05, 4.69) is 25.7 Å². The van der Waals surface area contributed by atoms with Crippen LogP contribution in [-0.2, 0) is 4.74 Å². The summed E-state index contributed by atoms with van der Waals surface area (Å²) in [6.07, 6.45) is 0. The van der Waals surface area contributed by atoms with Crippen molar-refractivity contribution >= 4 is 43.6 Å². The van der Waals surface area contributed by atoms with Crippen molar-refractivity contribution < 1.29 is 14.6 Å². The van der Waals surface area contributed by atoms with E-state index in [-0.39, 0.29) is 5.52 Å². The maximum Gasteiger partial charge on any atom is 0.347 e. The molecule has 22 heavy (non-hydrogen) atoms. The Hall–Kier alpha value is -2.19. The number of carbonyl (C=O) groups is 1. The molecule has 0 spiro atoms. The summed E-state index contributed by atoms with van der Waals surface area (Å²) in [6.45, 7) is 0. The second kappa shape index (κ2) is 5.54. The summed E-state index contributed by atoms with van der Waals surface area (Å²) in [6, 6.07) is 7.00. The van der Waals surface area contributed by atoms with Crippen molar-refractivity contribution in [2.24, 2.45) is 0 Å². The Bertz CT molecular complexity index is 930. The van der Waals surface area contributed by atoms with Crippen LogP contribution in [0.1, 0.15) is 10.4 Å². The normalized spacial score (nSPS) is 10.8. The van der Waals surface area contributed by atoms with Gasteiger partial charge in [0.1, 0.15) is 10.3 Å². The molecule has 8 heteroatoms. The van der Waals surface area contributed by atoms with E-state index < -0.39 is 22.8 Å². The molecule has 2 heterocycles. The number of benzene rings is 1. The number of esters is 1. The van der Waals surface area contributed by atoms with Gasteiger partial charge in [0.15, 0.2) is 11.3 Å². The Morgan fingerprint density at radius 3 is 2.68 bits per heavy atom. The number of carbonyl (C=O) groups excluding carboxylic acids is 1. The van der Waals surface area contributed by atoms with Gasteiger partial charge in [-0.15, -0.1) is 11.3 Å². The lowest BCUT2D eigenvalue weighted by molar-refractivity contribution is 0.0595. The molecule has 0 atom stereocenters. The number of ether oxygens (including phenoxy) is 1. The zero-order chi connectivity index (χ0) is 15.9. The molecule has 0 bridgehead atoms. The summed E-state index contributed by atoms with van der Waals surface area (Å²) in [5, 5.41) is 10.2. The zero-order valence-electron chi connectivity index (χ0n) is 11.2. The third-order valence-electron chi connectivity index (χ3n) is 3.10. The molecule has 2 aromatic heterocycles. The minimum absolute atomic E-state index is 0.188. The van der Waals surface area contributed by atoms with Gasteiger partial charge in [-0.2, -0.15) is 0 Å². The first-order valence-electron chi connectivity index (χ1n) is 6.10. The number of nitrogens with zero attached hydrogens (tertiary/aromatic N) is 2. The number of halogens is 1. The molecule has 0 fully saturated rings. The van der Waals surface area contributed by atoms with Crippen LogP contribution in [0.2, 0.25) is 0 Å². The average Bonchev–Trinajstić information content (AvgIpc) is 2.98. The molecule has 1 N–H and O–H groups in total. The first-order chi connectivity index (χ1) is 10.5. The third-order valence-corrected chi connectivity index (χ3v) is 4.44. The van der Waals surface area contributed by atoms with Crippen LogP contribution in [0.5, 0.6) is 5.75 Å². The lowest BCUT2D eigenvalue weighted by Crippen LogP contribution is -2.26. The zero-order valence-corrected chi connectivity index (χ0v) is 13.6. The molecule has 0 amide bonds. The van der Waals surface area contributed by atoms with Crippen LogP contribution in [0.4, 0.5) is 0 Å². The summed E-state index contributed by atoms with van der Waals surface area (Å²) in [5.74, 6) is -1.36. The van der Waals surface area contributed by atoms with Gasteiger partial charge >= 0.3 is 5.97 Å². The van der Waals surface area contributed by atoms with Crippen LogP contribution in [0.15, 0.2) is 39.0 Å². The highest BCUT2D eigenvalue weighted by Crippen LogP contribution is 2.30. The van der Waals surface area contributed by atoms with Crippen molar-refractivity contribution in [2.75, 3.05) is 7.11 Å². The Morgan fingerprint density at radius 2 is 2.05 bits per heavy atom. The van der Waals surface area contributed by atoms with Crippen LogP contribution in [0.25, 0.3) is 16.0 Å². The molecule has 0 aliphatic carbocycles. The number of methoxy groups -OCH3 is 1. The fourth-order valence-corrected chi connectivity index (χ4v) is 3.17. The molecule has 6 nitrogen and oxygen atoms in total. The molecule has 0 aliphatic rings. The lowest BCUT2D eigenvalue weighted by atomic mass is 10.2. The number of hydrogen-bond donors (Lipinski definition) is 1. The summed E-state index contributed by atoms with van der Waals surface area (Å²) < 4.78 is 6.79. The molecule has 1 aromatic carbocycles. The van der Waals surface area contributed by atoms with Crippen LogP contribution >= 0.6 is 27.3 Å². The predicted octanol–water partition coefficient (Wildman–Crippen LogP) is 2.70. The molecule has 0 radical (unpaired) electrons. The van der Waals surface area contributed by atoms with Gasteiger partial charge in [-0.05, 0) is 24.3 Å². The van der Waals surface area contributed by atoms with Gasteiger partial charge in [0.05, 0.1) is 18.3 Å². The van der Waals surface area contributed by atoms with Gasteiger partial charge < -0.3 is 9.84 Å². The van der Waals surface area contributed by atoms with Crippen LogP contribution in [0.3, 0.4) is 0 Å². The Morgan fingerprint density at radius 1 is 1.36 bits per heavy atom. The highest BCUT2D eigenvalue weighted by Gasteiger charge is 2.25. The number of pyridine rings is 1. The summed E-state index contributed by atoms with van der Waals surface area (Å²) in [4.78, 5) is 29.0. The molecule has 0 saturated heterocycles. The van der Waals surface area contributed by atoms with E-state index in [1.54, 1.807) is 24.3 Å². The van der Waals surface area contributed by atoms with Crippen molar-refractivity contribution in [2.45, 2.75) is 0 Å². The molecule has 3 rings (SSSR count). The molecule has 0 aliphatic heterocycles. The van der Waals surface area contributed by atoms with Gasteiger partial charge in [-0.1, -0.05) is 15.9 Å². The van der Waals surface area contributed by atoms with Gasteiger partial charge in [-0.25, -0.2) is 9.78 Å². The quantitative estimate of drug-likeness (QED) is 0.691. The van der Waals surface area contributed by atoms with Gasteiger partial charge in [-0.3, -0.25) is 9.36 Å². The molecular formula is C14H9BrN2O4S. The second-order valence-corrected chi connectivity index (χ2v) is 6.09. The minimum atomic E-state index is -0.900. The Labute approximate surface area is 136 Å². The number of thiazole rings is 1. The maximum absolute atomic E-state index is 12.7. The van der Waals surface area contributed by atoms with Gasteiger partial charge in [0.2, 0.25) is 0 Å². The number of aromatic nitrogens is 2. The number of rotatable bonds is 2. The van der Waals surface area contributed by atoms with Crippen molar-refractivity contribution in [3.05, 3.63) is 50.2 Å². The van der Waals surface area contributed by atoms with E-state index in [1.807, 2.05) is 0 Å². The SMILES string of the molecule is COC(=O)c1c(O)c2ncsc2n(-c2ccc(Br)cc2)c1=O. The first kappa shape index (κ1) is 14.7.